The van der Waals surface area contributed by atoms with Gasteiger partial charge in [0, 0.05) is 5.92 Å². The van der Waals surface area contributed by atoms with Crippen molar-refractivity contribution < 1.29 is 9.84 Å². The van der Waals surface area contributed by atoms with Gasteiger partial charge in [-0.25, -0.2) is 0 Å². The van der Waals surface area contributed by atoms with E-state index in [1.165, 1.54) is 16.7 Å². The van der Waals surface area contributed by atoms with Crippen molar-refractivity contribution in [2.45, 2.75) is 40.2 Å². The number of hydrogen-bond donors (Lipinski definition) is 1. The van der Waals surface area contributed by atoms with Crippen LogP contribution < -0.4 is 0 Å². The van der Waals surface area contributed by atoms with E-state index in [1.54, 1.807) is 0 Å². The third-order valence-corrected chi connectivity index (χ3v) is 3.48. The topological polar surface area (TPSA) is 29.5 Å². The van der Waals surface area contributed by atoms with E-state index in [2.05, 4.69) is 27.7 Å². The Morgan fingerprint density at radius 1 is 1.44 bits per heavy atom. The molecule has 0 amide bonds. The van der Waals surface area contributed by atoms with E-state index in [4.69, 9.17) is 4.74 Å². The lowest BCUT2D eigenvalue weighted by molar-refractivity contribution is 0.193. The van der Waals surface area contributed by atoms with Crippen molar-refractivity contribution in [1.29, 1.82) is 0 Å². The van der Waals surface area contributed by atoms with Crippen LogP contribution in [0.1, 0.15) is 34.1 Å². The first-order chi connectivity index (χ1) is 7.38. The fraction of sp³-hybridized carbons (Fsp3) is 0.714. The summed E-state index contributed by atoms with van der Waals surface area (Å²) in [4.78, 5) is 0. The predicted molar refractivity (Wildman–Crippen MR) is 65.2 cm³/mol. The Morgan fingerprint density at radius 3 is 2.75 bits per heavy atom. The number of rotatable bonds is 1. The molecule has 2 unspecified atom stereocenters. The molecule has 0 aromatic heterocycles. The molecule has 16 heavy (non-hydrogen) atoms. The van der Waals surface area contributed by atoms with Crippen LogP contribution in [0.15, 0.2) is 22.8 Å². The van der Waals surface area contributed by atoms with Crippen molar-refractivity contribution in [3.8, 4) is 0 Å². The number of aliphatic hydroxyl groups excluding tert-OH is 1. The molecule has 2 heteroatoms. The first-order valence-corrected chi connectivity index (χ1v) is 6.04. The number of ether oxygens (including phenoxy) is 1. The zero-order chi connectivity index (χ0) is 11.9. The third-order valence-electron chi connectivity index (χ3n) is 3.48. The van der Waals surface area contributed by atoms with Crippen molar-refractivity contribution in [3.05, 3.63) is 22.8 Å². The second-order valence-electron chi connectivity index (χ2n) is 6.20. The Labute approximate surface area is 98.0 Å². The summed E-state index contributed by atoms with van der Waals surface area (Å²) >= 11 is 0. The second kappa shape index (κ2) is 4.01. The summed E-state index contributed by atoms with van der Waals surface area (Å²) in [6.07, 6.45) is 2.55. The molecular formula is C14H22O2. The molecule has 2 aliphatic rings. The molecule has 0 bridgehead atoms. The van der Waals surface area contributed by atoms with E-state index in [1.807, 2.05) is 6.08 Å². The highest BCUT2D eigenvalue weighted by Crippen LogP contribution is 2.39. The van der Waals surface area contributed by atoms with E-state index in [-0.39, 0.29) is 5.41 Å². The summed E-state index contributed by atoms with van der Waals surface area (Å²) in [6.45, 7) is 10.3. The first-order valence-electron chi connectivity index (χ1n) is 6.04. The van der Waals surface area contributed by atoms with Crippen molar-refractivity contribution in [2.24, 2.45) is 11.3 Å². The molecule has 1 fully saturated rings. The summed E-state index contributed by atoms with van der Waals surface area (Å²) in [5.41, 5.74) is 4.02. The van der Waals surface area contributed by atoms with Crippen LogP contribution in [0.25, 0.3) is 0 Å². The molecule has 0 aromatic rings. The maximum absolute atomic E-state index is 10.2. The highest BCUT2D eigenvalue weighted by Gasteiger charge is 2.32. The van der Waals surface area contributed by atoms with Crippen LogP contribution in [-0.2, 0) is 4.74 Å². The van der Waals surface area contributed by atoms with Gasteiger partial charge in [-0.3, -0.25) is 0 Å². The second-order valence-corrected chi connectivity index (χ2v) is 6.20. The smallest absolute Gasteiger partial charge is 0.0938 e. The normalized spacial score (nSPS) is 30.4. The molecule has 0 spiro atoms. The molecule has 1 N–H and O–H groups in total. The average Bonchev–Trinajstić information content (AvgIpc) is 2.58. The Balaban J connectivity index is 2.26. The van der Waals surface area contributed by atoms with Gasteiger partial charge in [0.05, 0.1) is 19.3 Å². The van der Waals surface area contributed by atoms with Crippen LogP contribution in [-0.4, -0.2) is 24.4 Å². The maximum atomic E-state index is 10.2. The van der Waals surface area contributed by atoms with Gasteiger partial charge in [0.25, 0.3) is 0 Å². The largest absolute Gasteiger partial charge is 0.385 e. The van der Waals surface area contributed by atoms with Gasteiger partial charge in [-0.15, -0.1) is 0 Å². The predicted octanol–water partition coefficient (Wildman–Crippen LogP) is 2.69. The van der Waals surface area contributed by atoms with Crippen LogP contribution >= 0.6 is 0 Å². The molecule has 0 aromatic carbocycles. The van der Waals surface area contributed by atoms with Crippen LogP contribution in [0.3, 0.4) is 0 Å². The van der Waals surface area contributed by atoms with Gasteiger partial charge in [0.2, 0.25) is 0 Å². The van der Waals surface area contributed by atoms with Crippen LogP contribution in [0.2, 0.25) is 0 Å². The maximum Gasteiger partial charge on any atom is 0.0938 e. The van der Waals surface area contributed by atoms with Crippen molar-refractivity contribution >= 4 is 0 Å². The molecule has 1 heterocycles. The van der Waals surface area contributed by atoms with Gasteiger partial charge in [-0.2, -0.15) is 0 Å². The van der Waals surface area contributed by atoms with Crippen molar-refractivity contribution in [3.63, 3.8) is 0 Å². The lowest BCUT2D eigenvalue weighted by atomic mass is 9.77. The summed E-state index contributed by atoms with van der Waals surface area (Å²) < 4.78 is 5.48. The Kier molecular flexibility index (Phi) is 2.97. The van der Waals surface area contributed by atoms with Crippen molar-refractivity contribution in [1.82, 2.24) is 0 Å². The van der Waals surface area contributed by atoms with Gasteiger partial charge >= 0.3 is 0 Å². The minimum absolute atomic E-state index is 0.225. The number of hydrogen-bond acceptors (Lipinski definition) is 2. The highest BCUT2D eigenvalue weighted by atomic mass is 16.5. The van der Waals surface area contributed by atoms with Gasteiger partial charge in [-0.05, 0) is 36.0 Å². The molecular weight excluding hydrogens is 200 g/mol. The fourth-order valence-corrected chi connectivity index (χ4v) is 2.65. The standard InChI is InChI=1S/C14H22O2/c1-9-11(6-14(2,3)4)13(15)5-10-7-16-8-12(9)10/h5,12-13,15H,6-8H2,1-4H3. The summed E-state index contributed by atoms with van der Waals surface area (Å²) in [5, 5.41) is 10.2. The molecule has 2 atom stereocenters. The van der Waals surface area contributed by atoms with Gasteiger partial charge in [0.1, 0.15) is 0 Å². The van der Waals surface area contributed by atoms with E-state index in [0.717, 1.165) is 13.0 Å². The fourth-order valence-electron chi connectivity index (χ4n) is 2.65. The van der Waals surface area contributed by atoms with Gasteiger partial charge in [-0.1, -0.05) is 26.3 Å². The monoisotopic (exact) mass is 222 g/mol. The Bertz CT molecular complexity index is 344. The van der Waals surface area contributed by atoms with E-state index in [0.29, 0.717) is 12.5 Å². The minimum Gasteiger partial charge on any atom is -0.385 e. The summed E-state index contributed by atoms with van der Waals surface area (Å²) in [7, 11) is 0. The number of fused-ring (bicyclic) bond motifs is 1. The van der Waals surface area contributed by atoms with Crippen LogP contribution in [0.4, 0.5) is 0 Å². The Hall–Kier alpha value is -0.600. The molecule has 0 radical (unpaired) electrons. The first kappa shape index (κ1) is 11.9. The minimum atomic E-state index is -0.396. The molecule has 1 aliphatic carbocycles. The highest BCUT2D eigenvalue weighted by molar-refractivity contribution is 5.37. The van der Waals surface area contributed by atoms with Gasteiger partial charge < -0.3 is 9.84 Å². The van der Waals surface area contributed by atoms with Crippen LogP contribution in [0.5, 0.6) is 0 Å². The lowest BCUT2D eigenvalue weighted by Crippen LogP contribution is -2.24. The zero-order valence-corrected chi connectivity index (χ0v) is 10.7. The lowest BCUT2D eigenvalue weighted by Gasteiger charge is -2.30. The van der Waals surface area contributed by atoms with Gasteiger partial charge in [0.15, 0.2) is 0 Å². The number of aliphatic hydroxyl groups is 1. The van der Waals surface area contributed by atoms with Crippen LogP contribution in [0, 0.1) is 11.3 Å². The molecule has 1 aliphatic heterocycles. The third kappa shape index (κ3) is 2.23. The summed E-state index contributed by atoms with van der Waals surface area (Å²) in [5.74, 6) is 0.431. The van der Waals surface area contributed by atoms with E-state index in [9.17, 15) is 5.11 Å². The average molecular weight is 222 g/mol. The molecule has 2 nitrogen and oxygen atoms in total. The molecule has 2 rings (SSSR count). The molecule has 90 valence electrons. The van der Waals surface area contributed by atoms with Crippen molar-refractivity contribution in [2.75, 3.05) is 13.2 Å². The zero-order valence-electron chi connectivity index (χ0n) is 10.7. The van der Waals surface area contributed by atoms with E-state index >= 15 is 0 Å². The molecule has 1 saturated heterocycles. The summed E-state index contributed by atoms with van der Waals surface area (Å²) in [6, 6.07) is 0. The molecule has 0 saturated carbocycles. The quantitative estimate of drug-likeness (QED) is 0.691. The Morgan fingerprint density at radius 2 is 2.12 bits per heavy atom. The van der Waals surface area contributed by atoms with E-state index < -0.39 is 6.10 Å². The SMILES string of the molecule is CC1=C(CC(C)(C)C)C(O)C=C2COCC21.